The standard InChI is InChI=1S/C31H38N2O3/c1-25(36-24-19-30(2,3)35)29(34)32-20-22-33(23-21-32)31(26-13-7-4-8-14-26,27-15-9-5-10-16-27)28-17-11-6-12-18-28/h4-18,25,35H,19-24H2,1-3H3. The van der Waals surface area contributed by atoms with Crippen molar-refractivity contribution in [1.82, 2.24) is 9.80 Å². The van der Waals surface area contributed by atoms with Crippen LogP contribution in [-0.4, -0.2) is 65.3 Å². The van der Waals surface area contributed by atoms with Gasteiger partial charge in [0.1, 0.15) is 6.10 Å². The molecule has 1 aliphatic rings. The number of aliphatic hydroxyl groups is 1. The van der Waals surface area contributed by atoms with E-state index in [1.165, 1.54) is 16.7 Å². The highest BCUT2D eigenvalue weighted by Gasteiger charge is 2.43. The molecular weight excluding hydrogens is 448 g/mol. The van der Waals surface area contributed by atoms with Gasteiger partial charge in [0.25, 0.3) is 5.91 Å². The van der Waals surface area contributed by atoms with Gasteiger partial charge < -0.3 is 14.7 Å². The van der Waals surface area contributed by atoms with Crippen LogP contribution < -0.4 is 0 Å². The second-order valence-corrected chi connectivity index (χ2v) is 10.2. The van der Waals surface area contributed by atoms with Crippen molar-refractivity contribution in [2.24, 2.45) is 0 Å². The molecule has 3 aromatic carbocycles. The molecule has 1 aliphatic heterocycles. The maximum Gasteiger partial charge on any atom is 0.251 e. The topological polar surface area (TPSA) is 53.0 Å². The smallest absolute Gasteiger partial charge is 0.251 e. The van der Waals surface area contributed by atoms with Gasteiger partial charge in [-0.15, -0.1) is 0 Å². The monoisotopic (exact) mass is 486 g/mol. The molecule has 0 spiro atoms. The molecule has 1 atom stereocenters. The summed E-state index contributed by atoms with van der Waals surface area (Å²) in [5.74, 6) is 0.00938. The molecule has 1 saturated heterocycles. The van der Waals surface area contributed by atoms with Crippen molar-refractivity contribution in [2.45, 2.75) is 44.4 Å². The third-order valence-corrected chi connectivity index (χ3v) is 7.07. The number of carbonyl (C=O) groups is 1. The molecule has 5 heteroatoms. The minimum Gasteiger partial charge on any atom is -0.390 e. The lowest BCUT2D eigenvalue weighted by Gasteiger charge is -2.49. The van der Waals surface area contributed by atoms with Crippen LogP contribution in [0.25, 0.3) is 0 Å². The Morgan fingerprint density at radius 1 is 0.806 bits per heavy atom. The van der Waals surface area contributed by atoms with Crippen molar-refractivity contribution in [3.63, 3.8) is 0 Å². The highest BCUT2D eigenvalue weighted by atomic mass is 16.5. The van der Waals surface area contributed by atoms with Crippen molar-refractivity contribution in [2.75, 3.05) is 32.8 Å². The number of hydrogen-bond donors (Lipinski definition) is 1. The Morgan fingerprint density at radius 2 is 1.22 bits per heavy atom. The molecule has 1 N–H and O–H groups in total. The van der Waals surface area contributed by atoms with Crippen molar-refractivity contribution < 1.29 is 14.6 Å². The quantitative estimate of drug-likeness (QED) is 0.446. The van der Waals surface area contributed by atoms with E-state index in [1.54, 1.807) is 20.8 Å². The Bertz CT molecular complexity index is 992. The fourth-order valence-electron chi connectivity index (χ4n) is 5.16. The number of piperazine rings is 1. The SMILES string of the molecule is CC(OCCC(C)(C)O)C(=O)N1CCN(C(c2ccccc2)(c2ccccc2)c2ccccc2)CC1. The molecule has 4 rings (SSSR count). The van der Waals surface area contributed by atoms with Crippen LogP contribution >= 0.6 is 0 Å². The Kier molecular flexibility index (Phi) is 8.24. The van der Waals surface area contributed by atoms with E-state index in [0.717, 1.165) is 13.1 Å². The van der Waals surface area contributed by atoms with Crippen LogP contribution in [0.5, 0.6) is 0 Å². The summed E-state index contributed by atoms with van der Waals surface area (Å²) in [7, 11) is 0. The molecule has 190 valence electrons. The number of amides is 1. The zero-order chi connectivity index (χ0) is 25.6. The van der Waals surface area contributed by atoms with Crippen LogP contribution in [-0.2, 0) is 15.1 Å². The number of benzene rings is 3. The van der Waals surface area contributed by atoms with Gasteiger partial charge in [-0.05, 0) is 43.9 Å². The fourth-order valence-corrected chi connectivity index (χ4v) is 5.16. The zero-order valence-corrected chi connectivity index (χ0v) is 21.6. The summed E-state index contributed by atoms with van der Waals surface area (Å²) >= 11 is 0. The van der Waals surface area contributed by atoms with Gasteiger partial charge in [0.05, 0.1) is 17.7 Å². The van der Waals surface area contributed by atoms with Gasteiger partial charge in [-0.25, -0.2) is 0 Å². The molecule has 1 unspecified atom stereocenters. The predicted octanol–water partition coefficient (Wildman–Crippen LogP) is 4.69. The number of nitrogens with zero attached hydrogens (tertiary/aromatic N) is 2. The largest absolute Gasteiger partial charge is 0.390 e. The maximum atomic E-state index is 13.1. The van der Waals surface area contributed by atoms with Crippen molar-refractivity contribution >= 4 is 5.91 Å². The summed E-state index contributed by atoms with van der Waals surface area (Å²) in [6.07, 6.45) is -0.0346. The highest BCUT2D eigenvalue weighted by molar-refractivity contribution is 5.80. The first kappa shape index (κ1) is 26.1. The molecule has 36 heavy (non-hydrogen) atoms. The molecule has 3 aromatic rings. The first-order valence-corrected chi connectivity index (χ1v) is 12.9. The van der Waals surface area contributed by atoms with Crippen LogP contribution in [0, 0.1) is 0 Å². The third kappa shape index (κ3) is 5.70. The Morgan fingerprint density at radius 3 is 1.61 bits per heavy atom. The molecule has 1 fully saturated rings. The summed E-state index contributed by atoms with van der Waals surface area (Å²) in [5, 5.41) is 9.92. The number of hydrogen-bond acceptors (Lipinski definition) is 4. The number of rotatable bonds is 9. The minimum atomic E-state index is -0.802. The van der Waals surface area contributed by atoms with Crippen LogP contribution in [0.15, 0.2) is 91.0 Å². The predicted molar refractivity (Wildman–Crippen MR) is 144 cm³/mol. The second-order valence-electron chi connectivity index (χ2n) is 10.2. The van der Waals surface area contributed by atoms with E-state index < -0.39 is 17.2 Å². The summed E-state index contributed by atoms with van der Waals surface area (Å²) in [6, 6.07) is 32.0. The lowest BCUT2D eigenvalue weighted by atomic mass is 9.75. The van der Waals surface area contributed by atoms with Gasteiger partial charge >= 0.3 is 0 Å². The van der Waals surface area contributed by atoms with E-state index >= 15 is 0 Å². The van der Waals surface area contributed by atoms with Crippen molar-refractivity contribution in [3.05, 3.63) is 108 Å². The molecule has 0 aromatic heterocycles. The minimum absolute atomic E-state index is 0.00938. The molecule has 0 aliphatic carbocycles. The maximum absolute atomic E-state index is 13.1. The summed E-state index contributed by atoms with van der Waals surface area (Å²) < 4.78 is 5.77. The Hall–Kier alpha value is -2.99. The third-order valence-electron chi connectivity index (χ3n) is 7.07. The molecule has 0 radical (unpaired) electrons. The second kappa shape index (κ2) is 11.4. The van der Waals surface area contributed by atoms with Crippen molar-refractivity contribution in [1.29, 1.82) is 0 Å². The average Bonchev–Trinajstić information content (AvgIpc) is 2.90. The van der Waals surface area contributed by atoms with Gasteiger partial charge in [-0.1, -0.05) is 91.0 Å². The van der Waals surface area contributed by atoms with E-state index in [4.69, 9.17) is 4.74 Å². The first-order chi connectivity index (χ1) is 17.3. The first-order valence-electron chi connectivity index (χ1n) is 12.9. The van der Waals surface area contributed by atoms with E-state index in [9.17, 15) is 9.90 Å². The van der Waals surface area contributed by atoms with Gasteiger partial charge in [0.2, 0.25) is 0 Å². The van der Waals surface area contributed by atoms with Crippen LogP contribution in [0.1, 0.15) is 43.9 Å². The van der Waals surface area contributed by atoms with Crippen LogP contribution in [0.4, 0.5) is 0 Å². The van der Waals surface area contributed by atoms with E-state index in [2.05, 4.69) is 95.9 Å². The van der Waals surface area contributed by atoms with E-state index in [1.807, 2.05) is 4.90 Å². The summed E-state index contributed by atoms with van der Waals surface area (Å²) in [6.45, 7) is 8.40. The molecule has 5 nitrogen and oxygen atoms in total. The van der Waals surface area contributed by atoms with Crippen molar-refractivity contribution in [3.8, 4) is 0 Å². The number of carbonyl (C=O) groups excluding carboxylic acids is 1. The van der Waals surface area contributed by atoms with Gasteiger partial charge in [0, 0.05) is 26.2 Å². The molecule has 0 saturated carbocycles. The Balaban J connectivity index is 1.60. The molecular formula is C31H38N2O3. The van der Waals surface area contributed by atoms with Gasteiger partial charge in [0.15, 0.2) is 0 Å². The summed E-state index contributed by atoms with van der Waals surface area (Å²) in [5.41, 5.74) is 2.37. The lowest BCUT2D eigenvalue weighted by molar-refractivity contribution is -0.145. The molecule has 1 amide bonds. The Labute approximate surface area is 215 Å². The normalized spacial score (nSPS) is 16.1. The van der Waals surface area contributed by atoms with Gasteiger partial charge in [-0.3, -0.25) is 9.69 Å². The summed E-state index contributed by atoms with van der Waals surface area (Å²) in [4.78, 5) is 17.6. The van der Waals surface area contributed by atoms with E-state index in [0.29, 0.717) is 26.1 Å². The molecule has 1 heterocycles. The van der Waals surface area contributed by atoms with Gasteiger partial charge in [-0.2, -0.15) is 0 Å². The van der Waals surface area contributed by atoms with Crippen LogP contribution in [0.3, 0.4) is 0 Å². The van der Waals surface area contributed by atoms with E-state index in [-0.39, 0.29) is 5.91 Å². The number of ether oxygens (including phenoxy) is 1. The zero-order valence-electron chi connectivity index (χ0n) is 21.6. The van der Waals surface area contributed by atoms with Crippen LogP contribution in [0.2, 0.25) is 0 Å². The highest BCUT2D eigenvalue weighted by Crippen LogP contribution is 2.42. The molecule has 0 bridgehead atoms. The lowest BCUT2D eigenvalue weighted by Crippen LogP contribution is -2.58. The average molecular weight is 487 g/mol. The fraction of sp³-hybridized carbons (Fsp3) is 0.387.